The molecule has 0 radical (unpaired) electrons. The lowest BCUT2D eigenvalue weighted by Crippen LogP contribution is -2.42. The van der Waals surface area contributed by atoms with E-state index in [0.717, 1.165) is 31.1 Å². The summed E-state index contributed by atoms with van der Waals surface area (Å²) in [4.78, 5) is 0. The zero-order valence-electron chi connectivity index (χ0n) is 18.0. The van der Waals surface area contributed by atoms with Crippen molar-refractivity contribution >= 4 is 8.32 Å². The molecule has 0 heterocycles. The first-order valence-corrected chi connectivity index (χ1v) is 13.3. The van der Waals surface area contributed by atoms with Crippen LogP contribution in [0.15, 0.2) is 48.5 Å². The van der Waals surface area contributed by atoms with Crippen molar-refractivity contribution in [1.29, 1.82) is 0 Å². The Balaban J connectivity index is 1.65. The lowest BCUT2D eigenvalue weighted by Gasteiger charge is -2.35. The van der Waals surface area contributed by atoms with E-state index in [1.54, 1.807) is 36.4 Å². The molecule has 0 atom stereocenters. The molecule has 0 aliphatic rings. The summed E-state index contributed by atoms with van der Waals surface area (Å²) in [6, 6.07) is 15.1. The lowest BCUT2D eigenvalue weighted by molar-refractivity contribution is -0.163. The highest BCUT2D eigenvalue weighted by molar-refractivity contribution is 6.71. The third-order valence-corrected chi connectivity index (χ3v) is 7.15. The van der Waals surface area contributed by atoms with Crippen LogP contribution < -0.4 is 4.74 Å². The number of ether oxygens (including phenoxy) is 2. The maximum absolute atomic E-state index is 9.33. The van der Waals surface area contributed by atoms with Crippen LogP contribution in [0.3, 0.4) is 0 Å². The predicted molar refractivity (Wildman–Crippen MR) is 118 cm³/mol. The zero-order chi connectivity index (χ0) is 21.3. The van der Waals surface area contributed by atoms with Crippen LogP contribution in [0.5, 0.6) is 17.2 Å². The summed E-state index contributed by atoms with van der Waals surface area (Å²) in [5.41, 5.74) is 1.19. The largest absolute Gasteiger partial charge is 0.508 e. The quantitative estimate of drug-likeness (QED) is 0.272. The van der Waals surface area contributed by atoms with Gasteiger partial charge in [-0.1, -0.05) is 12.1 Å². The minimum atomic E-state index is -1.89. The summed E-state index contributed by atoms with van der Waals surface area (Å²) < 4.78 is 18.1. The predicted octanol–water partition coefficient (Wildman–Crippen LogP) is 5.47. The normalized spacial score (nSPS) is 12.1. The van der Waals surface area contributed by atoms with Crippen LogP contribution in [0.2, 0.25) is 19.1 Å². The van der Waals surface area contributed by atoms with E-state index in [9.17, 15) is 10.2 Å². The van der Waals surface area contributed by atoms with Gasteiger partial charge in [0.15, 0.2) is 14.1 Å². The molecule has 0 unspecified atom stereocenters. The monoisotopic (exact) mass is 418 g/mol. The Bertz CT molecular complexity index is 662. The van der Waals surface area contributed by atoms with E-state index < -0.39 is 14.1 Å². The van der Waals surface area contributed by atoms with Crippen molar-refractivity contribution in [2.24, 2.45) is 0 Å². The maximum Gasteiger partial charge on any atom is 0.190 e. The van der Waals surface area contributed by atoms with Gasteiger partial charge >= 0.3 is 0 Å². The van der Waals surface area contributed by atoms with Crippen LogP contribution in [-0.2, 0) is 15.6 Å². The second-order valence-corrected chi connectivity index (χ2v) is 12.5. The molecule has 2 aromatic rings. The summed E-state index contributed by atoms with van der Waals surface area (Å²) in [7, 11) is -1.89. The SMILES string of the molecule is CC(C)(OCCCc1ccc(O)cc1)O[Si](C)(C)CCCOc1ccc(O)cc1. The van der Waals surface area contributed by atoms with Gasteiger partial charge < -0.3 is 24.1 Å². The van der Waals surface area contributed by atoms with Crippen molar-refractivity contribution in [3.05, 3.63) is 54.1 Å². The number of phenols is 2. The fourth-order valence-electron chi connectivity index (χ4n) is 3.23. The third kappa shape index (κ3) is 9.34. The van der Waals surface area contributed by atoms with E-state index in [0.29, 0.717) is 19.0 Å². The third-order valence-electron chi connectivity index (χ3n) is 4.55. The highest BCUT2D eigenvalue weighted by atomic mass is 28.4. The molecule has 0 saturated heterocycles. The second kappa shape index (κ2) is 10.7. The van der Waals surface area contributed by atoms with Crippen molar-refractivity contribution < 1.29 is 24.1 Å². The van der Waals surface area contributed by atoms with Gasteiger partial charge in [0.25, 0.3) is 0 Å². The molecule has 0 saturated carbocycles. The number of hydrogen-bond acceptors (Lipinski definition) is 5. The van der Waals surface area contributed by atoms with Gasteiger partial charge in [-0.15, -0.1) is 0 Å². The topological polar surface area (TPSA) is 68.2 Å². The number of rotatable bonds is 12. The molecule has 2 N–H and O–H groups in total. The van der Waals surface area contributed by atoms with Crippen LogP contribution in [0, 0.1) is 0 Å². The van der Waals surface area contributed by atoms with Gasteiger partial charge in [0.05, 0.1) is 13.2 Å². The molecular formula is C23H34O5Si. The number of aryl methyl sites for hydroxylation is 1. The summed E-state index contributed by atoms with van der Waals surface area (Å²) in [6.45, 7) is 9.62. The van der Waals surface area contributed by atoms with E-state index in [-0.39, 0.29) is 5.75 Å². The van der Waals surface area contributed by atoms with Gasteiger partial charge in [-0.05, 0) is 94.2 Å². The number of benzene rings is 2. The second-order valence-electron chi connectivity index (χ2n) is 8.33. The van der Waals surface area contributed by atoms with E-state index in [4.69, 9.17) is 13.9 Å². The molecule has 0 amide bonds. The van der Waals surface area contributed by atoms with E-state index in [2.05, 4.69) is 13.1 Å². The fourth-order valence-corrected chi connectivity index (χ4v) is 5.72. The van der Waals surface area contributed by atoms with Crippen LogP contribution in [0.4, 0.5) is 0 Å². The Morgan fingerprint density at radius 2 is 1.41 bits per heavy atom. The highest BCUT2D eigenvalue weighted by Crippen LogP contribution is 2.24. The van der Waals surface area contributed by atoms with Crippen LogP contribution >= 0.6 is 0 Å². The minimum Gasteiger partial charge on any atom is -0.508 e. The van der Waals surface area contributed by atoms with E-state index in [1.165, 1.54) is 5.56 Å². The molecule has 2 aromatic carbocycles. The van der Waals surface area contributed by atoms with Gasteiger partial charge in [0.2, 0.25) is 0 Å². The Labute approximate surface area is 175 Å². The lowest BCUT2D eigenvalue weighted by atomic mass is 10.1. The first-order chi connectivity index (χ1) is 13.7. The molecule has 0 fully saturated rings. The molecule has 0 aliphatic heterocycles. The average molecular weight is 419 g/mol. The van der Waals surface area contributed by atoms with E-state index >= 15 is 0 Å². The van der Waals surface area contributed by atoms with Gasteiger partial charge in [-0.2, -0.15) is 0 Å². The van der Waals surface area contributed by atoms with Crippen molar-refractivity contribution in [2.45, 2.75) is 58.0 Å². The first-order valence-electron chi connectivity index (χ1n) is 10.2. The molecule has 6 heteroatoms. The summed E-state index contributed by atoms with van der Waals surface area (Å²) >= 11 is 0. The molecule has 29 heavy (non-hydrogen) atoms. The number of hydrogen-bond donors (Lipinski definition) is 2. The van der Waals surface area contributed by atoms with Crippen molar-refractivity contribution in [3.8, 4) is 17.2 Å². The number of aromatic hydroxyl groups is 2. The average Bonchev–Trinajstić information content (AvgIpc) is 2.64. The summed E-state index contributed by atoms with van der Waals surface area (Å²) in [5.74, 6) is 0.688. The van der Waals surface area contributed by atoms with Crippen molar-refractivity contribution in [1.82, 2.24) is 0 Å². The van der Waals surface area contributed by atoms with Gasteiger partial charge in [-0.3, -0.25) is 0 Å². The smallest absolute Gasteiger partial charge is 0.190 e. The molecule has 5 nitrogen and oxygen atoms in total. The van der Waals surface area contributed by atoms with Gasteiger partial charge in [-0.25, -0.2) is 0 Å². The number of phenolic OH excluding ortho intramolecular Hbond substituents is 2. The zero-order valence-corrected chi connectivity index (χ0v) is 19.0. The van der Waals surface area contributed by atoms with Crippen molar-refractivity contribution in [2.75, 3.05) is 13.2 Å². The van der Waals surface area contributed by atoms with Crippen LogP contribution in [-0.4, -0.2) is 37.5 Å². The Kier molecular flexibility index (Phi) is 8.55. The maximum atomic E-state index is 9.33. The molecule has 0 bridgehead atoms. The molecule has 0 spiro atoms. The standard InChI is InChI=1S/C23H34O5Si/c1-23(2,27-17-5-7-19-8-10-20(24)11-9-19)28-29(3,4)18-6-16-26-22-14-12-21(25)13-15-22/h8-15,24-25H,5-7,16-18H2,1-4H3. The summed E-state index contributed by atoms with van der Waals surface area (Å²) in [5, 5.41) is 18.6. The minimum absolute atomic E-state index is 0.240. The van der Waals surface area contributed by atoms with Gasteiger partial charge in [0, 0.05) is 0 Å². The van der Waals surface area contributed by atoms with E-state index in [1.807, 2.05) is 26.0 Å². The molecule has 0 aliphatic carbocycles. The fraction of sp³-hybridized carbons (Fsp3) is 0.478. The first kappa shape index (κ1) is 23.3. The van der Waals surface area contributed by atoms with Gasteiger partial charge in [0.1, 0.15) is 17.2 Å². The Morgan fingerprint density at radius 3 is 2.03 bits per heavy atom. The molecule has 2 rings (SSSR count). The van der Waals surface area contributed by atoms with Crippen molar-refractivity contribution in [3.63, 3.8) is 0 Å². The van der Waals surface area contributed by atoms with Crippen LogP contribution in [0.25, 0.3) is 0 Å². The highest BCUT2D eigenvalue weighted by Gasteiger charge is 2.31. The molecule has 0 aromatic heterocycles. The van der Waals surface area contributed by atoms with Crippen LogP contribution in [0.1, 0.15) is 32.3 Å². The Morgan fingerprint density at radius 1 is 0.828 bits per heavy atom. The Hall–Kier alpha value is -2.02. The summed E-state index contributed by atoms with van der Waals surface area (Å²) in [6.07, 6.45) is 2.73. The molecule has 160 valence electrons. The molecular weight excluding hydrogens is 384 g/mol.